The smallest absolute Gasteiger partial charge is 0.354 e. The standard InChI is InChI=1S/C20H31N7O3S/c1-12(2)15-9-14(10-22-5)24-17(13(3)4)18(15)25-20(28)26-31(21,29)16-11-23-27-7-6-8-30-19(16)27/h9,11-13,22H,6-8,10H2,1-5H3,(H3,21,25,26,28,29)/t31-/m0/s1. The number of ether oxygens (including phenoxy) is 1. The number of anilines is 1. The number of hydrogen-bond acceptors (Lipinski definition) is 6. The highest BCUT2D eigenvalue weighted by Gasteiger charge is 2.25. The molecule has 1 aliphatic rings. The largest absolute Gasteiger partial charge is 0.477 e. The molecule has 11 heteroatoms. The van der Waals surface area contributed by atoms with Crippen molar-refractivity contribution in [1.82, 2.24) is 20.1 Å². The maximum absolute atomic E-state index is 13.1. The second-order valence-corrected chi connectivity index (χ2v) is 9.89. The lowest BCUT2D eigenvalue weighted by molar-refractivity contribution is 0.224. The molecule has 1 aliphatic heterocycles. The van der Waals surface area contributed by atoms with Gasteiger partial charge in [-0.25, -0.2) is 18.8 Å². The number of nitrogens with two attached hydrogens (primary N) is 1. The summed E-state index contributed by atoms with van der Waals surface area (Å²) in [6.07, 6.45) is 2.15. The number of nitrogens with one attached hydrogen (secondary N) is 2. The second-order valence-electron chi connectivity index (χ2n) is 8.13. The van der Waals surface area contributed by atoms with Gasteiger partial charge in [0.25, 0.3) is 0 Å². The summed E-state index contributed by atoms with van der Waals surface area (Å²) in [7, 11) is -1.68. The molecule has 2 amide bonds. The molecule has 0 spiro atoms. The van der Waals surface area contributed by atoms with Crippen LogP contribution in [-0.4, -0.2) is 38.7 Å². The van der Waals surface area contributed by atoms with E-state index in [1.165, 1.54) is 6.20 Å². The molecule has 170 valence electrons. The molecule has 3 heterocycles. The van der Waals surface area contributed by atoms with Crippen molar-refractivity contribution in [2.24, 2.45) is 9.50 Å². The first-order valence-corrected chi connectivity index (χ1v) is 11.9. The van der Waals surface area contributed by atoms with Crippen molar-refractivity contribution in [3.63, 3.8) is 0 Å². The maximum atomic E-state index is 13.1. The first kappa shape index (κ1) is 23.2. The monoisotopic (exact) mass is 449 g/mol. The minimum Gasteiger partial charge on any atom is -0.477 e. The van der Waals surface area contributed by atoms with Gasteiger partial charge in [0.1, 0.15) is 4.90 Å². The highest BCUT2D eigenvalue weighted by atomic mass is 32.2. The van der Waals surface area contributed by atoms with Gasteiger partial charge in [-0.1, -0.05) is 27.7 Å². The molecule has 10 nitrogen and oxygen atoms in total. The van der Waals surface area contributed by atoms with E-state index in [4.69, 9.17) is 14.9 Å². The number of urea groups is 1. The summed E-state index contributed by atoms with van der Waals surface area (Å²) in [5.41, 5.74) is 3.15. The van der Waals surface area contributed by atoms with Crippen molar-refractivity contribution in [3.05, 3.63) is 29.2 Å². The van der Waals surface area contributed by atoms with E-state index in [-0.39, 0.29) is 16.7 Å². The summed E-state index contributed by atoms with van der Waals surface area (Å²) in [5.74, 6) is 0.492. The van der Waals surface area contributed by atoms with E-state index in [1.54, 1.807) is 4.68 Å². The van der Waals surface area contributed by atoms with E-state index < -0.39 is 15.9 Å². The Morgan fingerprint density at radius 2 is 2.10 bits per heavy atom. The molecule has 0 aromatic carbocycles. The topological polar surface area (TPSA) is 137 Å². The number of nitrogens with zero attached hydrogens (tertiary/aromatic N) is 4. The molecule has 0 fully saturated rings. The molecular formula is C20H31N7O3S. The van der Waals surface area contributed by atoms with Crippen LogP contribution in [0.1, 0.15) is 62.9 Å². The Labute approximate surface area is 183 Å². The van der Waals surface area contributed by atoms with Crippen molar-refractivity contribution in [1.29, 1.82) is 0 Å². The molecule has 3 rings (SSSR count). The van der Waals surface area contributed by atoms with Gasteiger partial charge in [0.15, 0.2) is 9.92 Å². The minimum absolute atomic E-state index is 0.0583. The summed E-state index contributed by atoms with van der Waals surface area (Å²) >= 11 is 0. The average Bonchev–Trinajstić information content (AvgIpc) is 3.13. The van der Waals surface area contributed by atoms with Crippen LogP contribution in [0.4, 0.5) is 10.5 Å². The normalized spacial score (nSPS) is 15.4. The lowest BCUT2D eigenvalue weighted by Crippen LogP contribution is -2.22. The van der Waals surface area contributed by atoms with Gasteiger partial charge in [0.2, 0.25) is 5.88 Å². The zero-order chi connectivity index (χ0) is 22.8. The van der Waals surface area contributed by atoms with E-state index in [9.17, 15) is 9.00 Å². The van der Waals surface area contributed by atoms with Crippen LogP contribution >= 0.6 is 0 Å². The zero-order valence-corrected chi connectivity index (χ0v) is 19.5. The van der Waals surface area contributed by atoms with E-state index >= 15 is 0 Å². The van der Waals surface area contributed by atoms with Gasteiger partial charge in [0, 0.05) is 19.5 Å². The van der Waals surface area contributed by atoms with Gasteiger partial charge in [-0.15, -0.1) is 4.36 Å². The summed E-state index contributed by atoms with van der Waals surface area (Å²) < 4.78 is 24.0. The summed E-state index contributed by atoms with van der Waals surface area (Å²) in [6, 6.07) is 1.17. The van der Waals surface area contributed by atoms with Crippen LogP contribution in [0.15, 0.2) is 21.5 Å². The maximum Gasteiger partial charge on any atom is 0.354 e. The van der Waals surface area contributed by atoms with Gasteiger partial charge < -0.3 is 15.4 Å². The number of aryl methyl sites for hydroxylation is 1. The molecule has 0 saturated carbocycles. The van der Waals surface area contributed by atoms with E-state index in [0.717, 1.165) is 23.4 Å². The third-order valence-corrected chi connectivity index (χ3v) is 6.28. The molecular weight excluding hydrogens is 418 g/mol. The number of aromatic nitrogens is 3. The number of fused-ring (bicyclic) bond motifs is 1. The Bertz CT molecular complexity index is 1060. The molecule has 0 radical (unpaired) electrons. The SMILES string of the molecule is CNCc1cc(C(C)C)c(NC(=O)N=[S@](N)(=O)c2cnn3c2OCCC3)c(C(C)C)n1. The van der Waals surface area contributed by atoms with Crippen LogP contribution in [0.5, 0.6) is 5.88 Å². The first-order valence-electron chi connectivity index (χ1n) is 10.4. The van der Waals surface area contributed by atoms with E-state index in [0.29, 0.717) is 31.3 Å². The molecule has 0 bridgehead atoms. The van der Waals surface area contributed by atoms with E-state index in [2.05, 4.69) is 20.1 Å². The summed E-state index contributed by atoms with van der Waals surface area (Å²) in [4.78, 5) is 17.6. The highest BCUT2D eigenvalue weighted by molar-refractivity contribution is 7.91. The van der Waals surface area contributed by atoms with Crippen LogP contribution in [0.2, 0.25) is 0 Å². The molecule has 1 atom stereocenters. The molecule has 0 unspecified atom stereocenters. The second kappa shape index (κ2) is 9.33. The molecule has 0 saturated heterocycles. The number of carbonyl (C=O) groups is 1. The van der Waals surface area contributed by atoms with Crippen molar-refractivity contribution >= 4 is 21.6 Å². The number of pyridine rings is 1. The Morgan fingerprint density at radius 3 is 2.74 bits per heavy atom. The average molecular weight is 450 g/mol. The van der Waals surface area contributed by atoms with Crippen molar-refractivity contribution < 1.29 is 13.7 Å². The third kappa shape index (κ3) is 5.05. The molecule has 2 aromatic rings. The van der Waals surface area contributed by atoms with Crippen LogP contribution in [0.25, 0.3) is 0 Å². The van der Waals surface area contributed by atoms with Gasteiger partial charge >= 0.3 is 6.03 Å². The van der Waals surface area contributed by atoms with Crippen LogP contribution in [-0.2, 0) is 23.0 Å². The first-order chi connectivity index (χ1) is 14.6. The van der Waals surface area contributed by atoms with Gasteiger partial charge in [-0.2, -0.15) is 5.10 Å². The van der Waals surface area contributed by atoms with Crippen LogP contribution < -0.4 is 20.5 Å². The van der Waals surface area contributed by atoms with Crippen LogP contribution in [0.3, 0.4) is 0 Å². The zero-order valence-electron chi connectivity index (χ0n) is 18.6. The quantitative estimate of drug-likeness (QED) is 0.620. The molecule has 4 N–H and O–H groups in total. The fourth-order valence-electron chi connectivity index (χ4n) is 3.47. The number of rotatable bonds is 6. The fraction of sp³-hybridized carbons (Fsp3) is 0.550. The van der Waals surface area contributed by atoms with Crippen molar-refractivity contribution in [2.45, 2.75) is 63.9 Å². The van der Waals surface area contributed by atoms with Gasteiger partial charge in [0.05, 0.1) is 29.9 Å². The predicted molar refractivity (Wildman–Crippen MR) is 120 cm³/mol. The molecule has 31 heavy (non-hydrogen) atoms. The Kier molecular flexibility index (Phi) is 6.97. The number of hydrogen-bond donors (Lipinski definition) is 3. The lowest BCUT2D eigenvalue weighted by atomic mass is 9.96. The third-order valence-electron chi connectivity index (χ3n) is 4.94. The molecule has 2 aromatic heterocycles. The summed E-state index contributed by atoms with van der Waals surface area (Å²) in [6.45, 7) is 9.81. The van der Waals surface area contributed by atoms with Gasteiger partial charge in [-0.3, -0.25) is 4.98 Å². The van der Waals surface area contributed by atoms with Gasteiger partial charge in [-0.05, 0) is 30.5 Å². The van der Waals surface area contributed by atoms with Crippen molar-refractivity contribution in [3.8, 4) is 5.88 Å². The summed E-state index contributed by atoms with van der Waals surface area (Å²) in [5, 5.41) is 16.0. The van der Waals surface area contributed by atoms with Crippen molar-refractivity contribution in [2.75, 3.05) is 19.0 Å². The predicted octanol–water partition coefficient (Wildman–Crippen LogP) is 2.96. The Morgan fingerprint density at radius 1 is 1.35 bits per heavy atom. The Hall–Kier alpha value is -2.50. The Balaban J connectivity index is 1.99. The minimum atomic E-state index is -3.54. The molecule has 0 aliphatic carbocycles. The lowest BCUT2D eigenvalue weighted by Gasteiger charge is -2.20. The fourth-order valence-corrected chi connectivity index (χ4v) is 4.47. The highest BCUT2D eigenvalue weighted by Crippen LogP contribution is 2.32. The van der Waals surface area contributed by atoms with Crippen LogP contribution in [0, 0.1) is 0 Å². The van der Waals surface area contributed by atoms with E-state index in [1.807, 2.05) is 40.8 Å². The number of amides is 2. The number of carbonyl (C=O) groups excluding carboxylic acids is 1.